The summed E-state index contributed by atoms with van der Waals surface area (Å²) in [7, 11) is 4.21. The lowest BCUT2D eigenvalue weighted by molar-refractivity contribution is 0.0219. The topological polar surface area (TPSA) is 242 Å². The molecule has 1 aromatic carbocycles. The minimum absolute atomic E-state index is 0.161. The van der Waals surface area contributed by atoms with Crippen molar-refractivity contribution in [2.24, 2.45) is 0 Å². The molecule has 4 atom stereocenters. The molecule has 9 rings (SSSR count). The van der Waals surface area contributed by atoms with E-state index in [1.165, 1.54) is 11.3 Å². The molecule has 0 bridgehead atoms. The van der Waals surface area contributed by atoms with Crippen LogP contribution in [-0.2, 0) is 42.0 Å². The van der Waals surface area contributed by atoms with Crippen LogP contribution in [0.2, 0.25) is 0 Å². The number of rotatable bonds is 12. The van der Waals surface area contributed by atoms with Crippen LogP contribution in [-0.4, -0.2) is 190 Å². The fourth-order valence-corrected chi connectivity index (χ4v) is 10.5. The molecule has 74 heavy (non-hydrogen) atoms. The van der Waals surface area contributed by atoms with Crippen molar-refractivity contribution in [2.45, 2.75) is 122 Å². The van der Waals surface area contributed by atoms with Crippen molar-refractivity contribution in [1.82, 2.24) is 49.8 Å². The van der Waals surface area contributed by atoms with Crippen LogP contribution in [0.1, 0.15) is 87.4 Å². The fourth-order valence-electron chi connectivity index (χ4n) is 10.5. The van der Waals surface area contributed by atoms with Gasteiger partial charge < -0.3 is 63.7 Å². The molecule has 0 spiro atoms. The second-order valence-corrected chi connectivity index (χ2v) is 20.9. The molecule has 3 aromatic rings. The molecule has 0 saturated carbocycles. The minimum atomic E-state index is -0.978. The van der Waals surface area contributed by atoms with Gasteiger partial charge in [0.1, 0.15) is 37.1 Å². The summed E-state index contributed by atoms with van der Waals surface area (Å²) in [4.78, 5) is 70.1. The number of fused-ring (bicyclic) bond motifs is 2. The van der Waals surface area contributed by atoms with E-state index in [0.717, 1.165) is 85.0 Å². The maximum Gasteiger partial charge on any atom is 0.410 e. The monoisotopic (exact) mass is 1020 g/mol. The zero-order valence-electron chi connectivity index (χ0n) is 43.6. The zero-order chi connectivity index (χ0) is 52.4. The van der Waals surface area contributed by atoms with Gasteiger partial charge in [0.05, 0.1) is 55.0 Å². The molecule has 2 aromatic heterocycles. The molecule has 0 radical (unpaired) electrons. The van der Waals surface area contributed by atoms with Crippen molar-refractivity contribution < 1.29 is 38.4 Å². The Morgan fingerprint density at radius 2 is 1.28 bits per heavy atom. The number of nitriles is 2. The lowest BCUT2D eigenvalue weighted by Gasteiger charge is -2.41. The predicted molar refractivity (Wildman–Crippen MR) is 273 cm³/mol. The Hall–Kier alpha value is -6.75. The second-order valence-electron chi connectivity index (χ2n) is 20.9. The first kappa shape index (κ1) is 53.5. The molecule has 6 aliphatic heterocycles. The van der Waals surface area contributed by atoms with Gasteiger partial charge in [0.25, 0.3) is 0 Å². The Morgan fingerprint density at radius 1 is 0.716 bits per heavy atom. The van der Waals surface area contributed by atoms with Crippen LogP contribution >= 0.6 is 0 Å². The van der Waals surface area contributed by atoms with Crippen molar-refractivity contribution >= 4 is 29.9 Å². The first-order chi connectivity index (χ1) is 35.7. The number of hydrogen-bond acceptors (Lipinski definition) is 18. The molecule has 22 nitrogen and oxygen atoms in total. The van der Waals surface area contributed by atoms with Crippen molar-refractivity contribution in [3.05, 3.63) is 58.4 Å². The normalized spacial score (nSPS) is 22.1. The molecular weight excluding hydrogens is 949 g/mol. The number of amides is 3. The lowest BCUT2D eigenvalue weighted by atomic mass is 10.0. The molecule has 4 fully saturated rings. The molecule has 4 unspecified atom stereocenters. The number of benzene rings is 1. The Kier molecular flexibility index (Phi) is 17.7. The summed E-state index contributed by atoms with van der Waals surface area (Å²) in [6, 6.07) is 14.5. The number of nitrogens with one attached hydrogen (secondary N) is 1. The van der Waals surface area contributed by atoms with E-state index in [9.17, 15) is 24.8 Å². The molecule has 8 heterocycles. The van der Waals surface area contributed by atoms with Crippen LogP contribution < -0.4 is 24.6 Å². The number of carbonyl (C=O) groups excluding carboxylic acids is 2. The number of piperazine rings is 2. The van der Waals surface area contributed by atoms with Gasteiger partial charge in [-0.2, -0.15) is 30.5 Å². The number of anilines is 2. The Bertz CT molecular complexity index is 2520. The Labute approximate surface area is 434 Å². The number of carbonyl (C=O) groups is 3. The highest BCUT2D eigenvalue weighted by Crippen LogP contribution is 2.33. The average Bonchev–Trinajstić information content (AvgIpc) is 4.01. The van der Waals surface area contributed by atoms with Gasteiger partial charge in [-0.3, -0.25) is 0 Å². The van der Waals surface area contributed by atoms with Crippen LogP contribution in [0.3, 0.4) is 0 Å². The largest absolute Gasteiger partial charge is 0.465 e. The molecule has 6 aliphatic rings. The Morgan fingerprint density at radius 3 is 1.84 bits per heavy atom. The molecular formula is C52H72N14O8. The summed E-state index contributed by atoms with van der Waals surface area (Å²) in [5.74, 6) is 1.55. The molecule has 22 heteroatoms. The number of likely N-dealkylation sites (tertiary alicyclic amines) is 2. The average molecular weight is 1020 g/mol. The van der Waals surface area contributed by atoms with Crippen LogP contribution in [0, 0.1) is 22.7 Å². The maximum absolute atomic E-state index is 13.1. The maximum atomic E-state index is 13.1. The van der Waals surface area contributed by atoms with Gasteiger partial charge in [-0.05, 0) is 98.6 Å². The van der Waals surface area contributed by atoms with E-state index in [2.05, 4.69) is 56.1 Å². The summed E-state index contributed by atoms with van der Waals surface area (Å²) in [6.45, 7) is 13.8. The van der Waals surface area contributed by atoms with Crippen LogP contribution in [0.25, 0.3) is 0 Å². The van der Waals surface area contributed by atoms with E-state index in [1.807, 2.05) is 51.1 Å². The number of carboxylic acid groups (broad SMARTS) is 1. The van der Waals surface area contributed by atoms with Gasteiger partial charge in [-0.1, -0.05) is 30.3 Å². The second kappa shape index (κ2) is 24.5. The van der Waals surface area contributed by atoms with Crippen molar-refractivity contribution in [3.8, 4) is 24.2 Å². The highest BCUT2D eigenvalue weighted by atomic mass is 16.6. The van der Waals surface area contributed by atoms with Gasteiger partial charge in [0, 0.05) is 75.6 Å². The third-order valence-corrected chi connectivity index (χ3v) is 14.6. The van der Waals surface area contributed by atoms with E-state index in [1.54, 1.807) is 9.80 Å². The highest BCUT2D eigenvalue weighted by molar-refractivity contribution is 5.70. The predicted octanol–water partition coefficient (Wildman–Crippen LogP) is 4.66. The lowest BCUT2D eigenvalue weighted by Crippen LogP contribution is -2.56. The summed E-state index contributed by atoms with van der Waals surface area (Å²) in [5, 5.41) is 31.6. The summed E-state index contributed by atoms with van der Waals surface area (Å²) >= 11 is 0. The molecule has 3 amide bonds. The minimum Gasteiger partial charge on any atom is -0.465 e. The van der Waals surface area contributed by atoms with Gasteiger partial charge in [-0.15, -0.1) is 0 Å². The van der Waals surface area contributed by atoms with Gasteiger partial charge in [0.2, 0.25) is 0 Å². The SMILES string of the molecule is CN1CCCC1COc1nc2c(c(N3CCN(C(=O)O)C(CC#N)C3)n1)CCNC2.CN1CCCC1COc1nc2c(c(N3CCN(C(=O)OCc4ccccc4)C(CC#N)C3)n1)CCN(C(=O)OC(C)(C)C)C2. The van der Waals surface area contributed by atoms with Crippen LogP contribution in [0.15, 0.2) is 30.3 Å². The van der Waals surface area contributed by atoms with Crippen molar-refractivity contribution in [3.63, 3.8) is 0 Å². The van der Waals surface area contributed by atoms with Crippen LogP contribution in [0.5, 0.6) is 12.0 Å². The number of nitrogens with zero attached hydrogens (tertiary/aromatic N) is 13. The first-order valence-electron chi connectivity index (χ1n) is 26.0. The summed E-state index contributed by atoms with van der Waals surface area (Å²) < 4.78 is 23.4. The first-order valence-corrected chi connectivity index (χ1v) is 26.0. The highest BCUT2D eigenvalue weighted by Gasteiger charge is 2.37. The van der Waals surface area contributed by atoms with E-state index in [4.69, 9.17) is 39.2 Å². The standard InChI is InChI=1S/C32H43N7O5.C20H29N7O3/c1-32(2,3)44-30(40)38-16-13-26-27(20-38)34-29(42-22-25-11-8-15-36(25)4)35-28(26)37-17-18-39(24(19-37)12-14-33)31(41)43-21-23-9-6-5-7-10-23;1-25-8-2-3-15(25)13-30-19-23-17-11-22-7-5-16(17)18(24-19)26-9-10-27(20(28)29)14(12-26)4-6-21/h5-7,9-10,24-25H,8,11-13,15-22H2,1-4H3;14-15,22H,2-5,7-13H2,1H3,(H,28,29). The smallest absolute Gasteiger partial charge is 0.410 e. The molecule has 398 valence electrons. The van der Waals surface area contributed by atoms with Crippen LogP contribution in [0.4, 0.5) is 26.0 Å². The number of likely N-dealkylation sites (N-methyl/N-ethyl adjacent to an activating group) is 2. The quantitative estimate of drug-likeness (QED) is 0.251. The number of hydrogen-bond donors (Lipinski definition) is 2. The fraction of sp³-hybridized carbons (Fsp3) is 0.635. The van der Waals surface area contributed by atoms with E-state index in [0.29, 0.717) is 90.1 Å². The van der Waals surface area contributed by atoms with Gasteiger partial charge in [-0.25, -0.2) is 14.4 Å². The zero-order valence-corrected chi connectivity index (χ0v) is 43.6. The summed E-state index contributed by atoms with van der Waals surface area (Å²) in [5.41, 5.74) is 4.01. The number of ether oxygens (including phenoxy) is 4. The molecule has 0 aliphatic carbocycles. The van der Waals surface area contributed by atoms with E-state index < -0.39 is 17.8 Å². The van der Waals surface area contributed by atoms with Gasteiger partial charge >= 0.3 is 30.3 Å². The van der Waals surface area contributed by atoms with Crippen molar-refractivity contribution in [2.75, 3.05) is 103 Å². The Balaban J connectivity index is 0.000000211. The summed E-state index contributed by atoms with van der Waals surface area (Å²) in [6.07, 6.45) is 4.38. The van der Waals surface area contributed by atoms with E-state index >= 15 is 0 Å². The van der Waals surface area contributed by atoms with E-state index in [-0.39, 0.29) is 50.2 Å². The molecule has 4 saturated heterocycles. The van der Waals surface area contributed by atoms with Crippen molar-refractivity contribution in [1.29, 1.82) is 10.5 Å². The molecule has 2 N–H and O–H groups in total. The third-order valence-electron chi connectivity index (χ3n) is 14.6. The number of aromatic nitrogens is 4. The third kappa shape index (κ3) is 13.5. The van der Waals surface area contributed by atoms with Gasteiger partial charge in [0.15, 0.2) is 0 Å².